The Hall–Kier alpha value is -0.210. The summed E-state index contributed by atoms with van der Waals surface area (Å²) in [5.41, 5.74) is 0. The molecule has 104 valence electrons. The lowest BCUT2D eigenvalue weighted by Gasteiger charge is -2.14. The number of rotatable bonds is 5. The fourth-order valence-electron chi connectivity index (χ4n) is 1.13. The van der Waals surface area contributed by atoms with Crippen molar-refractivity contribution >= 4 is 29.9 Å². The SMILES string of the molecule is CN=C(NCCCCC(F)(F)F)NC(C)C.I. The van der Waals surface area contributed by atoms with E-state index in [0.717, 1.165) is 0 Å². The number of aliphatic imine (C=N–C) groups is 1. The zero-order chi connectivity index (χ0) is 12.6. The summed E-state index contributed by atoms with van der Waals surface area (Å²) in [6, 6.07) is 0.251. The van der Waals surface area contributed by atoms with Crippen molar-refractivity contribution in [1.29, 1.82) is 0 Å². The minimum absolute atomic E-state index is 0. The highest BCUT2D eigenvalue weighted by molar-refractivity contribution is 14.0. The number of unbranched alkanes of at least 4 members (excludes halogenated alkanes) is 1. The van der Waals surface area contributed by atoms with Gasteiger partial charge in [-0.25, -0.2) is 0 Å². The third-order valence-electron chi connectivity index (χ3n) is 1.83. The Morgan fingerprint density at radius 1 is 1.24 bits per heavy atom. The van der Waals surface area contributed by atoms with Crippen molar-refractivity contribution in [3.63, 3.8) is 0 Å². The fourth-order valence-corrected chi connectivity index (χ4v) is 1.13. The lowest BCUT2D eigenvalue weighted by atomic mass is 10.2. The molecule has 0 aromatic rings. The van der Waals surface area contributed by atoms with Crippen LogP contribution in [0.3, 0.4) is 0 Å². The first-order valence-corrected chi connectivity index (χ1v) is 5.39. The third kappa shape index (κ3) is 13.7. The van der Waals surface area contributed by atoms with Gasteiger partial charge in [-0.2, -0.15) is 13.2 Å². The van der Waals surface area contributed by atoms with Gasteiger partial charge in [0.25, 0.3) is 0 Å². The Morgan fingerprint density at radius 2 is 1.82 bits per heavy atom. The molecule has 17 heavy (non-hydrogen) atoms. The van der Waals surface area contributed by atoms with Crippen molar-refractivity contribution < 1.29 is 13.2 Å². The Morgan fingerprint density at radius 3 is 2.24 bits per heavy atom. The van der Waals surface area contributed by atoms with Crippen LogP contribution >= 0.6 is 24.0 Å². The Labute approximate surface area is 118 Å². The first-order valence-electron chi connectivity index (χ1n) is 5.39. The molecule has 0 unspecified atom stereocenters. The van der Waals surface area contributed by atoms with E-state index in [9.17, 15) is 13.2 Å². The second kappa shape index (κ2) is 9.78. The molecule has 0 atom stereocenters. The molecule has 0 aromatic carbocycles. The van der Waals surface area contributed by atoms with Gasteiger partial charge in [0, 0.05) is 26.1 Å². The number of guanidine groups is 1. The smallest absolute Gasteiger partial charge is 0.356 e. The van der Waals surface area contributed by atoms with E-state index in [-0.39, 0.29) is 36.4 Å². The number of nitrogens with zero attached hydrogens (tertiary/aromatic N) is 1. The van der Waals surface area contributed by atoms with Crippen LogP contribution < -0.4 is 10.6 Å². The molecule has 0 aliphatic carbocycles. The number of hydrogen-bond donors (Lipinski definition) is 2. The minimum atomic E-state index is -4.04. The zero-order valence-electron chi connectivity index (χ0n) is 10.4. The molecule has 0 aliphatic rings. The lowest BCUT2D eigenvalue weighted by Crippen LogP contribution is -2.41. The van der Waals surface area contributed by atoms with Crippen LogP contribution in [0.2, 0.25) is 0 Å². The maximum atomic E-state index is 11.8. The summed E-state index contributed by atoms with van der Waals surface area (Å²) in [7, 11) is 1.63. The van der Waals surface area contributed by atoms with E-state index in [1.165, 1.54) is 0 Å². The van der Waals surface area contributed by atoms with Crippen LogP contribution in [0.4, 0.5) is 13.2 Å². The molecule has 3 nitrogen and oxygen atoms in total. The van der Waals surface area contributed by atoms with Crippen LogP contribution in [0.25, 0.3) is 0 Å². The van der Waals surface area contributed by atoms with Gasteiger partial charge in [0.1, 0.15) is 0 Å². The van der Waals surface area contributed by atoms with Gasteiger partial charge in [-0.1, -0.05) is 0 Å². The van der Waals surface area contributed by atoms with Crippen LogP contribution in [-0.4, -0.2) is 31.8 Å². The molecular formula is C10H21F3IN3. The summed E-state index contributed by atoms with van der Waals surface area (Å²) in [6.45, 7) is 4.44. The van der Waals surface area contributed by atoms with Crippen molar-refractivity contribution in [2.24, 2.45) is 4.99 Å². The molecule has 0 saturated carbocycles. The Kier molecular flexibility index (Phi) is 11.0. The summed E-state index contributed by atoms with van der Waals surface area (Å²) < 4.78 is 35.5. The fraction of sp³-hybridized carbons (Fsp3) is 0.900. The van der Waals surface area contributed by atoms with Gasteiger partial charge >= 0.3 is 6.18 Å². The predicted molar refractivity (Wildman–Crippen MR) is 75.0 cm³/mol. The van der Waals surface area contributed by atoms with Crippen LogP contribution in [0.5, 0.6) is 0 Å². The number of hydrogen-bond acceptors (Lipinski definition) is 1. The standard InChI is InChI=1S/C10H20F3N3.HI/c1-8(2)16-9(14-3)15-7-5-4-6-10(11,12)13;/h8H,4-7H2,1-3H3,(H2,14,15,16);1H. The predicted octanol–water partition coefficient (Wildman–Crippen LogP) is 2.91. The van der Waals surface area contributed by atoms with Gasteiger partial charge in [-0.05, 0) is 26.7 Å². The van der Waals surface area contributed by atoms with Gasteiger partial charge in [-0.3, -0.25) is 4.99 Å². The average Bonchev–Trinajstić information content (AvgIpc) is 2.13. The maximum absolute atomic E-state index is 11.8. The summed E-state index contributed by atoms with van der Waals surface area (Å²) in [4.78, 5) is 3.95. The molecule has 7 heteroatoms. The van der Waals surface area contributed by atoms with Gasteiger partial charge in [0.05, 0.1) is 0 Å². The van der Waals surface area contributed by atoms with Gasteiger partial charge < -0.3 is 10.6 Å². The van der Waals surface area contributed by atoms with Crippen molar-refractivity contribution in [2.75, 3.05) is 13.6 Å². The highest BCUT2D eigenvalue weighted by atomic mass is 127. The quantitative estimate of drug-likeness (QED) is 0.339. The molecule has 0 fully saturated rings. The zero-order valence-corrected chi connectivity index (χ0v) is 12.7. The first kappa shape index (κ1) is 19.1. The highest BCUT2D eigenvalue weighted by Crippen LogP contribution is 2.21. The van der Waals surface area contributed by atoms with Crippen LogP contribution in [0, 0.1) is 0 Å². The summed E-state index contributed by atoms with van der Waals surface area (Å²) in [5.74, 6) is 0.627. The first-order chi connectivity index (χ1) is 7.35. The average molecular weight is 367 g/mol. The Balaban J connectivity index is 0. The summed E-state index contributed by atoms with van der Waals surface area (Å²) in [5, 5.41) is 6.01. The molecule has 0 rings (SSSR count). The monoisotopic (exact) mass is 367 g/mol. The van der Waals surface area contributed by atoms with E-state index in [2.05, 4.69) is 15.6 Å². The molecule has 0 bridgehead atoms. The number of halogens is 4. The molecule has 2 N–H and O–H groups in total. The second-order valence-electron chi connectivity index (χ2n) is 3.87. The lowest BCUT2D eigenvalue weighted by molar-refractivity contribution is -0.135. The molecular weight excluding hydrogens is 346 g/mol. The molecule has 0 heterocycles. The van der Waals surface area contributed by atoms with E-state index in [1.54, 1.807) is 7.05 Å². The minimum Gasteiger partial charge on any atom is -0.356 e. The summed E-state index contributed by atoms with van der Waals surface area (Å²) >= 11 is 0. The van der Waals surface area contributed by atoms with E-state index >= 15 is 0 Å². The van der Waals surface area contributed by atoms with Gasteiger partial charge in [-0.15, -0.1) is 24.0 Å². The van der Waals surface area contributed by atoms with Crippen molar-refractivity contribution in [3.8, 4) is 0 Å². The topological polar surface area (TPSA) is 36.4 Å². The molecule has 0 saturated heterocycles. The summed E-state index contributed by atoms with van der Waals surface area (Å²) in [6.07, 6.45) is -4.13. The van der Waals surface area contributed by atoms with E-state index in [4.69, 9.17) is 0 Å². The van der Waals surface area contributed by atoms with Crippen LogP contribution in [0.15, 0.2) is 4.99 Å². The van der Waals surface area contributed by atoms with Crippen molar-refractivity contribution in [2.45, 2.75) is 45.3 Å². The normalized spacial score (nSPS) is 12.3. The number of alkyl halides is 3. The second-order valence-corrected chi connectivity index (χ2v) is 3.87. The molecule has 0 aromatic heterocycles. The van der Waals surface area contributed by atoms with Crippen LogP contribution in [0.1, 0.15) is 33.1 Å². The number of nitrogens with one attached hydrogen (secondary N) is 2. The largest absolute Gasteiger partial charge is 0.389 e. The Bertz CT molecular complexity index is 217. The van der Waals surface area contributed by atoms with Crippen molar-refractivity contribution in [1.82, 2.24) is 10.6 Å². The molecule has 0 radical (unpaired) electrons. The molecule has 0 amide bonds. The van der Waals surface area contributed by atoms with Crippen molar-refractivity contribution in [3.05, 3.63) is 0 Å². The van der Waals surface area contributed by atoms with E-state index < -0.39 is 12.6 Å². The molecule has 0 spiro atoms. The molecule has 0 aliphatic heterocycles. The van der Waals surface area contributed by atoms with Crippen LogP contribution in [-0.2, 0) is 0 Å². The van der Waals surface area contributed by atoms with Gasteiger partial charge in [0.2, 0.25) is 0 Å². The van der Waals surface area contributed by atoms with E-state index in [0.29, 0.717) is 18.9 Å². The van der Waals surface area contributed by atoms with Gasteiger partial charge in [0.15, 0.2) is 5.96 Å². The third-order valence-corrected chi connectivity index (χ3v) is 1.83. The maximum Gasteiger partial charge on any atom is 0.389 e. The van der Waals surface area contributed by atoms with E-state index in [1.807, 2.05) is 13.8 Å². The highest BCUT2D eigenvalue weighted by Gasteiger charge is 2.25.